The van der Waals surface area contributed by atoms with Crippen LogP contribution in [0.1, 0.15) is 37.7 Å². The van der Waals surface area contributed by atoms with E-state index in [1.165, 1.54) is 12.1 Å². The van der Waals surface area contributed by atoms with Crippen LogP contribution in [-0.2, 0) is 17.9 Å². The molecule has 1 aromatic heterocycles. The van der Waals surface area contributed by atoms with E-state index in [1.54, 1.807) is 17.0 Å². The molecule has 0 bridgehead atoms. The average molecular weight is 387 g/mol. The number of carbonyl (C=O) groups is 1. The summed E-state index contributed by atoms with van der Waals surface area (Å²) in [6.45, 7) is 0.0473. The van der Waals surface area contributed by atoms with Crippen molar-refractivity contribution in [3.05, 3.63) is 74.4 Å². The Balaban J connectivity index is 1.83. The van der Waals surface area contributed by atoms with Gasteiger partial charge in [0.05, 0.1) is 11.1 Å². The summed E-state index contributed by atoms with van der Waals surface area (Å²) >= 11 is 0. The lowest BCUT2D eigenvalue weighted by atomic mass is 9.93. The van der Waals surface area contributed by atoms with E-state index in [9.17, 15) is 24.1 Å². The number of nitro groups is 1. The highest BCUT2D eigenvalue weighted by Gasteiger charge is 2.26. The lowest BCUT2D eigenvalue weighted by molar-refractivity contribution is -0.385. The highest BCUT2D eigenvalue weighted by atomic mass is 19.1. The van der Waals surface area contributed by atoms with Crippen LogP contribution in [0.3, 0.4) is 0 Å². The number of aromatic nitrogens is 1. The molecule has 1 heterocycles. The highest BCUT2D eigenvalue weighted by molar-refractivity contribution is 5.76. The first-order chi connectivity index (χ1) is 13.4. The molecule has 1 saturated carbocycles. The number of rotatable bonds is 6. The molecule has 0 atom stereocenters. The molecule has 148 valence electrons. The molecule has 1 aliphatic rings. The zero-order valence-electron chi connectivity index (χ0n) is 15.4. The summed E-state index contributed by atoms with van der Waals surface area (Å²) in [6.07, 6.45) is 6.01. The zero-order chi connectivity index (χ0) is 20.1. The Morgan fingerprint density at radius 2 is 1.82 bits per heavy atom. The molecule has 1 aliphatic carbocycles. The summed E-state index contributed by atoms with van der Waals surface area (Å²) in [6, 6.07) is 8.24. The molecule has 1 amide bonds. The van der Waals surface area contributed by atoms with Gasteiger partial charge in [-0.1, -0.05) is 31.4 Å². The van der Waals surface area contributed by atoms with Crippen molar-refractivity contribution in [2.45, 2.75) is 51.2 Å². The molecule has 0 unspecified atom stereocenters. The molecule has 3 rings (SSSR count). The van der Waals surface area contributed by atoms with Crippen LogP contribution in [0, 0.1) is 15.9 Å². The largest absolute Gasteiger partial charge is 0.334 e. The predicted octanol–water partition coefficient (Wildman–Crippen LogP) is 3.26. The molecular weight excluding hydrogens is 365 g/mol. The maximum Gasteiger partial charge on any atom is 0.285 e. The number of nitrogens with zero attached hydrogens (tertiary/aromatic N) is 3. The van der Waals surface area contributed by atoms with Gasteiger partial charge in [-0.2, -0.15) is 0 Å². The van der Waals surface area contributed by atoms with Gasteiger partial charge < -0.3 is 4.90 Å². The minimum Gasteiger partial charge on any atom is -0.334 e. The summed E-state index contributed by atoms with van der Waals surface area (Å²) in [5.41, 5.74) is 0.0891. The van der Waals surface area contributed by atoms with E-state index in [2.05, 4.69) is 0 Å². The highest BCUT2D eigenvalue weighted by Crippen LogP contribution is 2.24. The second-order valence-electron chi connectivity index (χ2n) is 7.05. The summed E-state index contributed by atoms with van der Waals surface area (Å²) in [7, 11) is 0. The van der Waals surface area contributed by atoms with E-state index in [4.69, 9.17) is 0 Å². The summed E-state index contributed by atoms with van der Waals surface area (Å²) < 4.78 is 14.3. The third-order valence-corrected chi connectivity index (χ3v) is 5.09. The third-order valence-electron chi connectivity index (χ3n) is 5.09. The molecule has 1 fully saturated rings. The fourth-order valence-corrected chi connectivity index (χ4v) is 3.59. The molecule has 0 N–H and O–H groups in total. The Labute approximate surface area is 161 Å². The van der Waals surface area contributed by atoms with Gasteiger partial charge >= 0.3 is 0 Å². The van der Waals surface area contributed by atoms with Gasteiger partial charge in [0.2, 0.25) is 5.91 Å². The van der Waals surface area contributed by atoms with E-state index in [-0.39, 0.29) is 30.0 Å². The summed E-state index contributed by atoms with van der Waals surface area (Å²) in [5.74, 6) is -0.624. The van der Waals surface area contributed by atoms with Crippen molar-refractivity contribution in [2.24, 2.45) is 0 Å². The molecule has 2 aromatic rings. The third kappa shape index (κ3) is 4.82. The molecule has 8 heteroatoms. The number of amides is 1. The Kier molecular flexibility index (Phi) is 6.18. The number of halogens is 1. The Hall–Kier alpha value is -3.03. The van der Waals surface area contributed by atoms with Crippen molar-refractivity contribution < 1.29 is 14.1 Å². The van der Waals surface area contributed by atoms with Gasteiger partial charge in [0.1, 0.15) is 12.4 Å². The van der Waals surface area contributed by atoms with Crippen LogP contribution in [0.4, 0.5) is 10.1 Å². The monoisotopic (exact) mass is 387 g/mol. The molecule has 0 aliphatic heterocycles. The second kappa shape index (κ2) is 8.77. The minimum absolute atomic E-state index is 0.0423. The molecule has 28 heavy (non-hydrogen) atoms. The van der Waals surface area contributed by atoms with E-state index in [1.807, 2.05) is 0 Å². The van der Waals surface area contributed by atoms with E-state index in [0.29, 0.717) is 6.54 Å². The fourth-order valence-electron chi connectivity index (χ4n) is 3.59. The maximum atomic E-state index is 13.2. The molecule has 0 radical (unpaired) electrons. The van der Waals surface area contributed by atoms with Gasteiger partial charge in [-0.25, -0.2) is 4.39 Å². The van der Waals surface area contributed by atoms with Crippen LogP contribution in [0.25, 0.3) is 0 Å². The van der Waals surface area contributed by atoms with Crippen LogP contribution in [0.2, 0.25) is 0 Å². The molecule has 0 spiro atoms. The van der Waals surface area contributed by atoms with Crippen LogP contribution in [-0.4, -0.2) is 26.3 Å². The Morgan fingerprint density at radius 3 is 2.46 bits per heavy atom. The van der Waals surface area contributed by atoms with Crippen LogP contribution in [0.15, 0.2) is 47.4 Å². The van der Waals surface area contributed by atoms with Gasteiger partial charge in [0, 0.05) is 24.7 Å². The van der Waals surface area contributed by atoms with E-state index < -0.39 is 10.5 Å². The Morgan fingerprint density at radius 1 is 1.14 bits per heavy atom. The van der Waals surface area contributed by atoms with E-state index >= 15 is 0 Å². The number of hydrogen-bond acceptors (Lipinski definition) is 4. The molecule has 0 saturated heterocycles. The lowest BCUT2D eigenvalue weighted by Crippen LogP contribution is -2.43. The first kappa shape index (κ1) is 19.7. The smallest absolute Gasteiger partial charge is 0.285 e. The van der Waals surface area contributed by atoms with Gasteiger partial charge in [-0.15, -0.1) is 0 Å². The topological polar surface area (TPSA) is 85.5 Å². The summed E-state index contributed by atoms with van der Waals surface area (Å²) in [5, 5.41) is 11.0. The fraction of sp³-hybridized carbons (Fsp3) is 0.400. The second-order valence-corrected chi connectivity index (χ2v) is 7.05. The minimum atomic E-state index is -0.599. The van der Waals surface area contributed by atoms with Crippen molar-refractivity contribution in [2.75, 3.05) is 0 Å². The molecule has 7 nitrogen and oxygen atoms in total. The summed E-state index contributed by atoms with van der Waals surface area (Å²) in [4.78, 5) is 37.2. The lowest BCUT2D eigenvalue weighted by Gasteiger charge is -2.34. The quantitative estimate of drug-likeness (QED) is 0.562. The number of hydrogen-bond donors (Lipinski definition) is 0. The van der Waals surface area contributed by atoms with Crippen molar-refractivity contribution in [3.63, 3.8) is 0 Å². The Bertz CT molecular complexity index is 904. The van der Waals surface area contributed by atoms with Gasteiger partial charge in [-0.05, 0) is 30.5 Å². The average Bonchev–Trinajstić information content (AvgIpc) is 2.69. The molecular formula is C20H22FN3O4. The number of benzene rings is 1. The van der Waals surface area contributed by atoms with Crippen LogP contribution < -0.4 is 5.56 Å². The number of carbonyl (C=O) groups excluding carboxylic acids is 1. The van der Waals surface area contributed by atoms with Gasteiger partial charge in [0.15, 0.2) is 0 Å². The van der Waals surface area contributed by atoms with Crippen molar-refractivity contribution >= 4 is 11.6 Å². The standard InChI is InChI=1S/C20H22FN3O4/c21-16-8-6-15(7-9-16)12-23(17-4-2-1-3-5-17)20(26)14-22-13-18(24(27)28)10-11-19(22)25/h6-11,13,17H,1-5,12,14H2. The van der Waals surface area contributed by atoms with Crippen LogP contribution >= 0.6 is 0 Å². The van der Waals surface area contributed by atoms with Gasteiger partial charge in [-0.3, -0.25) is 24.3 Å². The SMILES string of the molecule is O=C(Cn1cc([N+](=O)[O-])ccc1=O)N(Cc1ccc(F)cc1)C1CCCCC1. The zero-order valence-corrected chi connectivity index (χ0v) is 15.4. The number of pyridine rings is 1. The normalized spacial score (nSPS) is 14.6. The van der Waals surface area contributed by atoms with Crippen molar-refractivity contribution in [3.8, 4) is 0 Å². The first-order valence-corrected chi connectivity index (χ1v) is 9.33. The predicted molar refractivity (Wildman–Crippen MR) is 101 cm³/mol. The maximum absolute atomic E-state index is 13.2. The first-order valence-electron chi connectivity index (χ1n) is 9.33. The molecule has 1 aromatic carbocycles. The van der Waals surface area contributed by atoms with Gasteiger partial charge in [0.25, 0.3) is 11.2 Å². The van der Waals surface area contributed by atoms with E-state index in [0.717, 1.165) is 60.6 Å². The van der Waals surface area contributed by atoms with Crippen molar-refractivity contribution in [1.29, 1.82) is 0 Å². The van der Waals surface area contributed by atoms with Crippen LogP contribution in [0.5, 0.6) is 0 Å². The van der Waals surface area contributed by atoms with Crippen molar-refractivity contribution in [1.82, 2.24) is 9.47 Å².